The van der Waals surface area contributed by atoms with Gasteiger partial charge in [0.05, 0.1) is 4.91 Å². The van der Waals surface area contributed by atoms with Gasteiger partial charge in [0.1, 0.15) is 10.1 Å². The van der Waals surface area contributed by atoms with Crippen molar-refractivity contribution in [3.63, 3.8) is 0 Å². The minimum absolute atomic E-state index is 0.143. The summed E-state index contributed by atoms with van der Waals surface area (Å²) >= 11 is 6.50. The number of ether oxygens (including phenoxy) is 1. The van der Waals surface area contributed by atoms with Gasteiger partial charge >= 0.3 is 0 Å². The van der Waals surface area contributed by atoms with Crippen LogP contribution in [0.5, 0.6) is 5.75 Å². The van der Waals surface area contributed by atoms with Crippen LogP contribution in [0, 0.1) is 6.92 Å². The first-order chi connectivity index (χ1) is 14.0. The Morgan fingerprint density at radius 3 is 2.83 bits per heavy atom. The Bertz CT molecular complexity index is 1000. The van der Waals surface area contributed by atoms with E-state index in [4.69, 9.17) is 17.0 Å². The van der Waals surface area contributed by atoms with Gasteiger partial charge in [-0.2, -0.15) is 0 Å². The summed E-state index contributed by atoms with van der Waals surface area (Å²) in [4.78, 5) is 26.7. The molecule has 0 unspecified atom stereocenters. The molecule has 5 nitrogen and oxygen atoms in total. The summed E-state index contributed by atoms with van der Waals surface area (Å²) in [6.45, 7) is 5.84. The monoisotopic (exact) mass is 424 g/mol. The molecule has 2 aromatic rings. The number of carbonyl (C=O) groups is 2. The Morgan fingerprint density at radius 1 is 1.28 bits per heavy atom. The van der Waals surface area contributed by atoms with E-state index in [-0.39, 0.29) is 18.4 Å². The van der Waals surface area contributed by atoms with Crippen LogP contribution in [0.3, 0.4) is 0 Å². The fourth-order valence-corrected chi connectivity index (χ4v) is 3.99. The molecule has 0 spiro atoms. The maximum absolute atomic E-state index is 12.5. The van der Waals surface area contributed by atoms with Gasteiger partial charge in [-0.05, 0) is 36.8 Å². The van der Waals surface area contributed by atoms with Crippen LogP contribution in [0.1, 0.15) is 11.1 Å². The summed E-state index contributed by atoms with van der Waals surface area (Å²) in [6.07, 6.45) is 3.37. The number of anilines is 1. The summed E-state index contributed by atoms with van der Waals surface area (Å²) in [5.41, 5.74) is 2.48. The van der Waals surface area contributed by atoms with Crippen molar-refractivity contribution < 1.29 is 14.3 Å². The molecular weight excluding hydrogens is 404 g/mol. The van der Waals surface area contributed by atoms with Crippen LogP contribution in [0.4, 0.5) is 5.69 Å². The zero-order valence-corrected chi connectivity index (χ0v) is 17.5. The lowest BCUT2D eigenvalue weighted by Crippen LogP contribution is -2.27. The summed E-state index contributed by atoms with van der Waals surface area (Å²) in [7, 11) is 0. The number of nitrogens with zero attached hydrogens (tertiary/aromatic N) is 1. The Labute approximate surface area is 179 Å². The molecule has 0 radical (unpaired) electrons. The lowest BCUT2D eigenvalue weighted by molar-refractivity contribution is -0.121. The molecule has 1 fully saturated rings. The van der Waals surface area contributed by atoms with Crippen LogP contribution in [0.2, 0.25) is 0 Å². The Morgan fingerprint density at radius 2 is 2.07 bits per heavy atom. The normalized spacial score (nSPS) is 14.9. The number of hydrogen-bond donors (Lipinski definition) is 1. The SMILES string of the molecule is C=CCN1C(=O)/C(=C/c2ccccc2OCC(=O)Nc2cccc(C)c2)SC1=S. The number of thiocarbonyl (C=S) groups is 1. The second kappa shape index (κ2) is 9.54. The number of nitrogens with one attached hydrogen (secondary N) is 1. The highest BCUT2D eigenvalue weighted by molar-refractivity contribution is 8.26. The zero-order valence-electron chi connectivity index (χ0n) is 15.9. The van der Waals surface area contributed by atoms with Crippen molar-refractivity contribution in [2.45, 2.75) is 6.92 Å². The van der Waals surface area contributed by atoms with Gasteiger partial charge in [-0.3, -0.25) is 14.5 Å². The van der Waals surface area contributed by atoms with Crippen molar-refractivity contribution >= 4 is 51.9 Å². The molecular formula is C22H20N2O3S2. The highest BCUT2D eigenvalue weighted by Gasteiger charge is 2.31. The highest BCUT2D eigenvalue weighted by Crippen LogP contribution is 2.34. The van der Waals surface area contributed by atoms with Crippen molar-refractivity contribution in [3.05, 3.63) is 77.2 Å². The van der Waals surface area contributed by atoms with Gasteiger partial charge in [-0.1, -0.05) is 60.4 Å². The Kier molecular flexibility index (Phi) is 6.85. The average Bonchev–Trinajstić information content (AvgIpc) is 2.95. The van der Waals surface area contributed by atoms with E-state index >= 15 is 0 Å². The minimum Gasteiger partial charge on any atom is -0.483 e. The zero-order chi connectivity index (χ0) is 20.8. The van der Waals surface area contributed by atoms with E-state index in [1.807, 2.05) is 49.4 Å². The van der Waals surface area contributed by atoms with E-state index in [1.54, 1.807) is 18.2 Å². The molecule has 7 heteroatoms. The number of hydrogen-bond acceptors (Lipinski definition) is 5. The highest BCUT2D eigenvalue weighted by atomic mass is 32.2. The van der Waals surface area contributed by atoms with Crippen molar-refractivity contribution in [1.29, 1.82) is 0 Å². The predicted molar refractivity (Wildman–Crippen MR) is 122 cm³/mol. The maximum Gasteiger partial charge on any atom is 0.266 e. The second-order valence-corrected chi connectivity index (χ2v) is 8.00. The van der Waals surface area contributed by atoms with E-state index in [0.717, 1.165) is 11.3 Å². The third-order valence-electron chi connectivity index (χ3n) is 4.05. The van der Waals surface area contributed by atoms with Gasteiger partial charge in [0.2, 0.25) is 0 Å². The first-order valence-electron chi connectivity index (χ1n) is 8.92. The molecule has 1 heterocycles. The number of para-hydroxylation sites is 1. The van der Waals surface area contributed by atoms with Gasteiger partial charge in [0, 0.05) is 17.8 Å². The number of rotatable bonds is 7. The van der Waals surface area contributed by atoms with Crippen LogP contribution in [-0.2, 0) is 9.59 Å². The number of aryl methyl sites for hydroxylation is 1. The smallest absolute Gasteiger partial charge is 0.266 e. The van der Waals surface area contributed by atoms with Gasteiger partial charge < -0.3 is 10.1 Å². The summed E-state index contributed by atoms with van der Waals surface area (Å²) in [5.74, 6) is 0.0930. The lowest BCUT2D eigenvalue weighted by atomic mass is 10.2. The number of benzene rings is 2. The molecule has 1 aliphatic rings. The first-order valence-corrected chi connectivity index (χ1v) is 10.1. The fraction of sp³-hybridized carbons (Fsp3) is 0.136. The summed E-state index contributed by atoms with van der Waals surface area (Å²) < 4.78 is 6.21. The van der Waals surface area contributed by atoms with E-state index in [9.17, 15) is 9.59 Å². The van der Waals surface area contributed by atoms with Crippen molar-refractivity contribution in [2.24, 2.45) is 0 Å². The first kappa shape index (κ1) is 20.8. The Balaban J connectivity index is 1.69. The predicted octanol–water partition coefficient (Wildman–Crippen LogP) is 4.40. The van der Waals surface area contributed by atoms with Crippen molar-refractivity contribution in [1.82, 2.24) is 4.90 Å². The molecule has 148 valence electrons. The Hall–Kier alpha value is -2.90. The standard InChI is InChI=1S/C22H20N2O3S2/c1-3-11-24-21(26)19(29-22(24)28)13-16-8-4-5-10-18(16)27-14-20(25)23-17-9-6-7-15(2)12-17/h3-10,12-13H,1,11,14H2,2H3,(H,23,25)/b19-13-. The third kappa shape index (κ3) is 5.34. The van der Waals surface area contributed by atoms with Crippen LogP contribution in [0.15, 0.2) is 66.1 Å². The van der Waals surface area contributed by atoms with Crippen LogP contribution in [0.25, 0.3) is 6.08 Å². The molecule has 1 saturated heterocycles. The van der Waals surface area contributed by atoms with Crippen LogP contribution < -0.4 is 10.1 Å². The lowest BCUT2D eigenvalue weighted by Gasteiger charge is -2.11. The van der Waals surface area contributed by atoms with Gasteiger partial charge in [-0.15, -0.1) is 6.58 Å². The van der Waals surface area contributed by atoms with Crippen LogP contribution >= 0.6 is 24.0 Å². The molecule has 0 aromatic heterocycles. The molecule has 0 saturated carbocycles. The fourth-order valence-electron chi connectivity index (χ4n) is 2.72. The van der Waals surface area contributed by atoms with Crippen molar-refractivity contribution in [3.8, 4) is 5.75 Å². The van der Waals surface area contributed by atoms with Gasteiger partial charge in [-0.25, -0.2) is 0 Å². The number of carbonyl (C=O) groups excluding carboxylic acids is 2. The second-order valence-electron chi connectivity index (χ2n) is 6.33. The molecule has 0 atom stereocenters. The third-order valence-corrected chi connectivity index (χ3v) is 5.43. The largest absolute Gasteiger partial charge is 0.483 e. The topological polar surface area (TPSA) is 58.6 Å². The maximum atomic E-state index is 12.5. The number of thioether (sulfide) groups is 1. The molecule has 29 heavy (non-hydrogen) atoms. The molecule has 0 aliphatic carbocycles. The minimum atomic E-state index is -0.261. The van der Waals surface area contributed by atoms with E-state index in [1.165, 1.54) is 16.7 Å². The van der Waals surface area contributed by atoms with Gasteiger partial charge in [0.25, 0.3) is 11.8 Å². The van der Waals surface area contributed by atoms with Crippen LogP contribution in [-0.4, -0.2) is 34.2 Å². The molecule has 2 aromatic carbocycles. The van der Waals surface area contributed by atoms with Gasteiger partial charge in [0.15, 0.2) is 6.61 Å². The molecule has 1 N–H and O–H groups in total. The molecule has 1 aliphatic heterocycles. The molecule has 2 amide bonds. The summed E-state index contributed by atoms with van der Waals surface area (Å²) in [5, 5.41) is 2.81. The average molecular weight is 425 g/mol. The number of amides is 2. The molecule has 0 bridgehead atoms. The summed E-state index contributed by atoms with van der Waals surface area (Å²) in [6, 6.07) is 14.8. The van der Waals surface area contributed by atoms with E-state index in [0.29, 0.717) is 27.1 Å². The van der Waals surface area contributed by atoms with E-state index in [2.05, 4.69) is 11.9 Å². The molecule has 3 rings (SSSR count). The quantitative estimate of drug-likeness (QED) is 0.406. The van der Waals surface area contributed by atoms with Crippen molar-refractivity contribution in [2.75, 3.05) is 18.5 Å². The van der Waals surface area contributed by atoms with E-state index < -0.39 is 0 Å².